The smallest absolute Gasteiger partial charge is 0.152 e. The Labute approximate surface area is 123 Å². The Kier molecular flexibility index (Phi) is 6.15. The average molecular weight is 354 g/mol. The first-order chi connectivity index (χ1) is 8.38. The van der Waals surface area contributed by atoms with Gasteiger partial charge in [0.05, 0.1) is 11.0 Å². The quantitative estimate of drug-likeness (QED) is 0.724. The lowest BCUT2D eigenvalue weighted by molar-refractivity contribution is 0.580. The molecule has 2 nitrogen and oxygen atoms in total. The summed E-state index contributed by atoms with van der Waals surface area (Å²) in [6.45, 7) is 3.43. The molecular formula is C13H18BrClO2S. The van der Waals surface area contributed by atoms with Crippen molar-refractivity contribution < 1.29 is 8.42 Å². The van der Waals surface area contributed by atoms with Crippen LogP contribution in [0.1, 0.15) is 31.7 Å². The highest BCUT2D eigenvalue weighted by Crippen LogP contribution is 2.29. The van der Waals surface area contributed by atoms with Gasteiger partial charge in [-0.2, -0.15) is 0 Å². The van der Waals surface area contributed by atoms with Crippen LogP contribution in [0.3, 0.4) is 0 Å². The Morgan fingerprint density at radius 2 is 1.89 bits per heavy atom. The van der Waals surface area contributed by atoms with Crippen LogP contribution in [-0.4, -0.2) is 24.8 Å². The number of hydrogen-bond donors (Lipinski definition) is 0. The molecule has 0 aliphatic carbocycles. The fourth-order valence-electron chi connectivity index (χ4n) is 1.66. The molecule has 0 aromatic heterocycles. The molecular weight excluding hydrogens is 336 g/mol. The maximum atomic E-state index is 11.8. The molecule has 1 rings (SSSR count). The number of alkyl halides is 1. The van der Waals surface area contributed by atoms with E-state index in [9.17, 15) is 8.42 Å². The van der Waals surface area contributed by atoms with Gasteiger partial charge < -0.3 is 0 Å². The molecule has 0 spiro atoms. The zero-order chi connectivity index (χ0) is 13.8. The van der Waals surface area contributed by atoms with E-state index < -0.39 is 9.84 Å². The van der Waals surface area contributed by atoms with Gasteiger partial charge in [-0.15, -0.1) is 0 Å². The molecule has 0 heterocycles. The first kappa shape index (κ1) is 16.0. The molecule has 1 aromatic carbocycles. The molecule has 1 aromatic rings. The van der Waals surface area contributed by atoms with Crippen LogP contribution < -0.4 is 0 Å². The summed E-state index contributed by atoms with van der Waals surface area (Å²) in [4.78, 5) is 0. The van der Waals surface area contributed by atoms with Gasteiger partial charge in [-0.3, -0.25) is 0 Å². The molecule has 0 radical (unpaired) electrons. The predicted octanol–water partition coefficient (Wildman–Crippen LogP) is 4.03. The number of halogens is 2. The van der Waals surface area contributed by atoms with Gasteiger partial charge in [-0.05, 0) is 37.8 Å². The average Bonchev–Trinajstić information content (AvgIpc) is 2.31. The van der Waals surface area contributed by atoms with Crippen molar-refractivity contribution in [3.63, 3.8) is 0 Å². The molecule has 0 saturated carbocycles. The fourth-order valence-corrected chi connectivity index (χ4v) is 3.71. The molecule has 5 heteroatoms. The first-order valence-corrected chi connectivity index (χ1v) is 9.12. The lowest BCUT2D eigenvalue weighted by Gasteiger charge is -2.17. The number of hydrogen-bond acceptors (Lipinski definition) is 2. The monoisotopic (exact) mass is 352 g/mol. The van der Waals surface area contributed by atoms with E-state index in [1.165, 1.54) is 0 Å². The van der Waals surface area contributed by atoms with E-state index in [4.69, 9.17) is 11.6 Å². The Morgan fingerprint density at radius 1 is 1.28 bits per heavy atom. The third-order valence-electron chi connectivity index (χ3n) is 3.00. The summed E-state index contributed by atoms with van der Waals surface area (Å²) in [5.41, 5.74) is 1.01. The third-order valence-corrected chi connectivity index (χ3v) is 6.37. The van der Waals surface area contributed by atoms with E-state index in [1.807, 2.05) is 24.3 Å². The van der Waals surface area contributed by atoms with Crippen molar-refractivity contribution in [3.05, 3.63) is 34.9 Å². The highest BCUT2D eigenvalue weighted by atomic mass is 79.9. The minimum Gasteiger partial charge on any atom is -0.229 e. The van der Waals surface area contributed by atoms with E-state index in [1.54, 1.807) is 13.8 Å². The molecule has 0 N–H and O–H groups in total. The maximum absolute atomic E-state index is 11.8. The van der Waals surface area contributed by atoms with Crippen molar-refractivity contribution in [3.8, 4) is 0 Å². The number of benzene rings is 1. The molecule has 0 amide bonds. The van der Waals surface area contributed by atoms with Crippen molar-refractivity contribution in [2.75, 3.05) is 11.1 Å². The topological polar surface area (TPSA) is 34.1 Å². The summed E-state index contributed by atoms with van der Waals surface area (Å²) in [5, 5.41) is 1.09. The van der Waals surface area contributed by atoms with Crippen LogP contribution in [0.25, 0.3) is 0 Å². The molecule has 0 aliphatic heterocycles. The zero-order valence-corrected chi connectivity index (χ0v) is 13.7. The van der Waals surface area contributed by atoms with Gasteiger partial charge in [-0.1, -0.05) is 45.7 Å². The highest BCUT2D eigenvalue weighted by Gasteiger charge is 2.20. The summed E-state index contributed by atoms with van der Waals surface area (Å²) in [6, 6.07) is 7.59. The van der Waals surface area contributed by atoms with E-state index in [0.717, 1.165) is 5.56 Å². The molecule has 0 fully saturated rings. The van der Waals surface area contributed by atoms with Gasteiger partial charge in [0.1, 0.15) is 0 Å². The van der Waals surface area contributed by atoms with Crippen LogP contribution in [0.2, 0.25) is 5.02 Å². The number of rotatable bonds is 6. The van der Waals surface area contributed by atoms with E-state index in [2.05, 4.69) is 15.9 Å². The maximum Gasteiger partial charge on any atom is 0.152 e. The number of sulfone groups is 1. The second-order valence-electron chi connectivity index (χ2n) is 4.58. The van der Waals surface area contributed by atoms with Crippen LogP contribution >= 0.6 is 27.5 Å². The van der Waals surface area contributed by atoms with Crippen molar-refractivity contribution in [2.24, 2.45) is 0 Å². The molecule has 102 valence electrons. The van der Waals surface area contributed by atoms with E-state index >= 15 is 0 Å². The van der Waals surface area contributed by atoms with Gasteiger partial charge in [-0.25, -0.2) is 8.42 Å². The molecule has 0 saturated heterocycles. The summed E-state index contributed by atoms with van der Waals surface area (Å²) in [5.74, 6) is 0.332. The molecule has 1 atom stereocenters. The fraction of sp³-hybridized carbons (Fsp3) is 0.538. The minimum absolute atomic E-state index is 0.132. The van der Waals surface area contributed by atoms with Crippen LogP contribution in [0.15, 0.2) is 24.3 Å². The first-order valence-electron chi connectivity index (χ1n) is 5.90. The van der Waals surface area contributed by atoms with Crippen LogP contribution in [0, 0.1) is 0 Å². The largest absolute Gasteiger partial charge is 0.229 e. The second-order valence-corrected chi connectivity index (χ2v) is 8.31. The van der Waals surface area contributed by atoms with Gasteiger partial charge in [0, 0.05) is 10.4 Å². The Morgan fingerprint density at radius 3 is 2.39 bits per heavy atom. The second kappa shape index (κ2) is 6.92. The zero-order valence-electron chi connectivity index (χ0n) is 10.6. The molecule has 0 bridgehead atoms. The van der Waals surface area contributed by atoms with Gasteiger partial charge in [0.2, 0.25) is 0 Å². The van der Waals surface area contributed by atoms with Crippen molar-refractivity contribution in [1.29, 1.82) is 0 Å². The lowest BCUT2D eigenvalue weighted by atomic mass is 9.99. The van der Waals surface area contributed by atoms with Crippen molar-refractivity contribution in [1.82, 2.24) is 0 Å². The Bertz CT molecular complexity index is 486. The summed E-state index contributed by atoms with van der Waals surface area (Å²) < 4.78 is 23.6. The van der Waals surface area contributed by atoms with Crippen LogP contribution in [0.4, 0.5) is 0 Å². The predicted molar refractivity (Wildman–Crippen MR) is 81.5 cm³/mol. The Hall–Kier alpha value is -0.0600. The molecule has 18 heavy (non-hydrogen) atoms. The van der Waals surface area contributed by atoms with Gasteiger partial charge >= 0.3 is 0 Å². The SMILES string of the molecule is CC(C)S(=O)(=O)CCC(CBr)c1ccccc1Cl. The molecule has 1 unspecified atom stereocenters. The summed E-state index contributed by atoms with van der Waals surface area (Å²) in [7, 11) is -2.99. The van der Waals surface area contributed by atoms with Crippen molar-refractivity contribution in [2.45, 2.75) is 31.4 Å². The van der Waals surface area contributed by atoms with Crippen LogP contribution in [0.5, 0.6) is 0 Å². The van der Waals surface area contributed by atoms with Gasteiger partial charge in [0.15, 0.2) is 9.84 Å². The normalized spacial score (nSPS) is 13.8. The lowest BCUT2D eigenvalue weighted by Crippen LogP contribution is -2.19. The Balaban J connectivity index is 2.79. The molecule has 0 aliphatic rings. The highest BCUT2D eigenvalue weighted by molar-refractivity contribution is 9.09. The summed E-state index contributed by atoms with van der Waals surface area (Å²) in [6.07, 6.45) is 0.593. The van der Waals surface area contributed by atoms with Gasteiger partial charge in [0.25, 0.3) is 0 Å². The minimum atomic E-state index is -2.99. The van der Waals surface area contributed by atoms with E-state index in [0.29, 0.717) is 16.8 Å². The van der Waals surface area contributed by atoms with Crippen LogP contribution in [-0.2, 0) is 9.84 Å². The summed E-state index contributed by atoms with van der Waals surface area (Å²) >= 11 is 9.58. The van der Waals surface area contributed by atoms with Crippen molar-refractivity contribution >= 4 is 37.4 Å². The standard InChI is InChI=1S/C13H18BrClO2S/c1-10(2)18(16,17)8-7-11(9-14)12-5-3-4-6-13(12)15/h3-6,10-11H,7-9H2,1-2H3. The third kappa shape index (κ3) is 4.25. The van der Waals surface area contributed by atoms with E-state index in [-0.39, 0.29) is 16.9 Å².